The summed E-state index contributed by atoms with van der Waals surface area (Å²) < 4.78 is 5.49. The molecule has 0 unspecified atom stereocenters. The van der Waals surface area contributed by atoms with Gasteiger partial charge in [-0.05, 0) is 76.6 Å². The summed E-state index contributed by atoms with van der Waals surface area (Å²) in [6.07, 6.45) is 3.50. The van der Waals surface area contributed by atoms with Crippen LogP contribution in [0.15, 0.2) is 42.5 Å². The van der Waals surface area contributed by atoms with Crippen molar-refractivity contribution >= 4 is 11.9 Å². The van der Waals surface area contributed by atoms with E-state index in [1.807, 2.05) is 64.2 Å². The van der Waals surface area contributed by atoms with Crippen LogP contribution in [0.1, 0.15) is 69.3 Å². The van der Waals surface area contributed by atoms with E-state index in [9.17, 15) is 14.7 Å². The number of carbonyl (C=O) groups excluding carboxylic acids is 2. The number of amides is 1. The Morgan fingerprint density at radius 1 is 1.03 bits per heavy atom. The summed E-state index contributed by atoms with van der Waals surface area (Å²) in [5.74, 6) is 0.314. The van der Waals surface area contributed by atoms with E-state index in [1.165, 1.54) is 0 Å². The molecule has 6 nitrogen and oxygen atoms in total. The highest BCUT2D eigenvalue weighted by molar-refractivity contribution is 5.94. The predicted molar refractivity (Wildman–Crippen MR) is 130 cm³/mol. The number of benzene rings is 2. The molecule has 0 saturated heterocycles. The maximum Gasteiger partial charge on any atom is 0.410 e. The number of ether oxygens (including phenoxy) is 1. The second kappa shape index (κ2) is 10.4. The van der Waals surface area contributed by atoms with E-state index < -0.39 is 5.60 Å². The Hall–Kier alpha value is -2.86. The largest absolute Gasteiger partial charge is 0.508 e. The second-order valence-electron chi connectivity index (χ2n) is 9.95. The van der Waals surface area contributed by atoms with Gasteiger partial charge in [-0.1, -0.05) is 30.3 Å². The van der Waals surface area contributed by atoms with Gasteiger partial charge < -0.3 is 20.1 Å². The normalized spacial score (nSPS) is 18.6. The Bertz CT molecular complexity index is 971. The topological polar surface area (TPSA) is 78.9 Å². The van der Waals surface area contributed by atoms with Gasteiger partial charge in [-0.3, -0.25) is 4.79 Å². The summed E-state index contributed by atoms with van der Waals surface area (Å²) >= 11 is 0. The molecule has 2 aromatic rings. The van der Waals surface area contributed by atoms with E-state index >= 15 is 0 Å². The van der Waals surface area contributed by atoms with Crippen LogP contribution in [0.25, 0.3) is 11.1 Å². The van der Waals surface area contributed by atoms with Crippen molar-refractivity contribution in [2.45, 2.75) is 77.6 Å². The first-order chi connectivity index (χ1) is 15.5. The zero-order valence-electron chi connectivity index (χ0n) is 20.4. The van der Waals surface area contributed by atoms with Gasteiger partial charge >= 0.3 is 6.09 Å². The number of ketones is 1. The van der Waals surface area contributed by atoms with Crippen LogP contribution in [0.4, 0.5) is 4.79 Å². The van der Waals surface area contributed by atoms with Crippen molar-refractivity contribution in [3.05, 3.63) is 53.6 Å². The third-order valence-electron chi connectivity index (χ3n) is 6.21. The molecule has 0 spiro atoms. The van der Waals surface area contributed by atoms with Crippen LogP contribution in [0, 0.1) is 0 Å². The Morgan fingerprint density at radius 3 is 2.21 bits per heavy atom. The molecule has 0 radical (unpaired) electrons. The third-order valence-corrected chi connectivity index (χ3v) is 6.21. The number of rotatable bonds is 6. The minimum Gasteiger partial charge on any atom is -0.508 e. The fourth-order valence-corrected chi connectivity index (χ4v) is 4.21. The molecular formula is C27H36N2O4. The van der Waals surface area contributed by atoms with Crippen molar-refractivity contribution in [3.8, 4) is 16.9 Å². The fourth-order valence-electron chi connectivity index (χ4n) is 4.21. The summed E-state index contributed by atoms with van der Waals surface area (Å²) in [6, 6.07) is 13.7. The van der Waals surface area contributed by atoms with Crippen LogP contribution in [0.3, 0.4) is 0 Å². The molecule has 1 saturated carbocycles. The lowest BCUT2D eigenvalue weighted by Gasteiger charge is -2.35. The molecule has 1 aliphatic carbocycles. The van der Waals surface area contributed by atoms with Gasteiger partial charge in [0.15, 0.2) is 5.78 Å². The predicted octanol–water partition coefficient (Wildman–Crippen LogP) is 5.53. The van der Waals surface area contributed by atoms with Gasteiger partial charge in [0.05, 0.1) is 0 Å². The number of phenolic OH excluding ortho intramolecular Hbond substituents is 1. The lowest BCUT2D eigenvalue weighted by Crippen LogP contribution is -2.44. The van der Waals surface area contributed by atoms with Crippen molar-refractivity contribution < 1.29 is 19.4 Å². The van der Waals surface area contributed by atoms with Crippen molar-refractivity contribution in [1.82, 2.24) is 10.2 Å². The SMILES string of the molecule is CC(=O)c1ccc(-c2ccc(O)c(CNC3CCC(N(C)C(=O)OC(C)(C)C)CC3)c2)cc1. The van der Waals surface area contributed by atoms with Crippen LogP contribution in [0.2, 0.25) is 0 Å². The molecule has 1 fully saturated rings. The molecule has 6 heteroatoms. The molecule has 3 rings (SSSR count). The highest BCUT2D eigenvalue weighted by Gasteiger charge is 2.29. The van der Waals surface area contributed by atoms with Gasteiger partial charge in [0, 0.05) is 36.8 Å². The summed E-state index contributed by atoms with van der Waals surface area (Å²) in [5.41, 5.74) is 3.05. The Labute approximate surface area is 196 Å². The van der Waals surface area contributed by atoms with E-state index in [-0.39, 0.29) is 23.7 Å². The van der Waals surface area contributed by atoms with E-state index in [2.05, 4.69) is 5.32 Å². The number of carbonyl (C=O) groups is 2. The minimum atomic E-state index is -0.490. The average Bonchev–Trinajstić information content (AvgIpc) is 2.77. The van der Waals surface area contributed by atoms with Gasteiger partial charge in [-0.25, -0.2) is 4.79 Å². The zero-order valence-corrected chi connectivity index (χ0v) is 20.4. The van der Waals surface area contributed by atoms with E-state index in [0.29, 0.717) is 18.2 Å². The molecular weight excluding hydrogens is 416 g/mol. The minimum absolute atomic E-state index is 0.0455. The number of hydrogen-bond donors (Lipinski definition) is 2. The highest BCUT2D eigenvalue weighted by atomic mass is 16.6. The van der Waals surface area contributed by atoms with Gasteiger partial charge in [0.25, 0.3) is 0 Å². The maximum absolute atomic E-state index is 12.3. The van der Waals surface area contributed by atoms with Crippen molar-refractivity contribution in [3.63, 3.8) is 0 Å². The van der Waals surface area contributed by atoms with Gasteiger partial charge in [0.2, 0.25) is 0 Å². The summed E-state index contributed by atoms with van der Waals surface area (Å²) in [5, 5.41) is 13.9. The number of Topliss-reactive ketones (excluding diaryl/α,β-unsaturated/α-hetero) is 1. The van der Waals surface area contributed by atoms with Crippen LogP contribution in [-0.4, -0.2) is 46.6 Å². The quantitative estimate of drug-likeness (QED) is 0.564. The number of nitrogens with one attached hydrogen (secondary N) is 1. The van der Waals surface area contributed by atoms with Gasteiger partial charge in [0.1, 0.15) is 11.4 Å². The highest BCUT2D eigenvalue weighted by Crippen LogP contribution is 2.28. The number of aromatic hydroxyl groups is 1. The summed E-state index contributed by atoms with van der Waals surface area (Å²) in [4.78, 5) is 25.6. The molecule has 1 aliphatic rings. The first kappa shape index (κ1) is 24.8. The molecule has 2 N–H and O–H groups in total. The second-order valence-corrected chi connectivity index (χ2v) is 9.95. The molecule has 1 amide bonds. The molecule has 0 atom stereocenters. The molecule has 2 aromatic carbocycles. The van der Waals surface area contributed by atoms with Crippen LogP contribution in [-0.2, 0) is 11.3 Å². The standard InChI is InChI=1S/C27H36N2O4/c1-18(30)19-6-8-20(9-7-19)21-10-15-25(31)22(16-21)17-28-23-11-13-24(14-12-23)29(5)26(32)33-27(2,3)4/h6-10,15-16,23-24,28,31H,11-14,17H2,1-5H3. The molecule has 33 heavy (non-hydrogen) atoms. The monoisotopic (exact) mass is 452 g/mol. The summed E-state index contributed by atoms with van der Waals surface area (Å²) in [7, 11) is 1.82. The van der Waals surface area contributed by atoms with Crippen molar-refractivity contribution in [2.75, 3.05) is 7.05 Å². The van der Waals surface area contributed by atoms with Crippen LogP contribution < -0.4 is 5.32 Å². The molecule has 0 aromatic heterocycles. The Kier molecular flexibility index (Phi) is 7.80. The third kappa shape index (κ3) is 6.81. The maximum atomic E-state index is 12.3. The lowest BCUT2D eigenvalue weighted by atomic mass is 9.90. The first-order valence-corrected chi connectivity index (χ1v) is 11.7. The Balaban J connectivity index is 1.55. The van der Waals surface area contributed by atoms with Gasteiger partial charge in [-0.15, -0.1) is 0 Å². The lowest BCUT2D eigenvalue weighted by molar-refractivity contribution is 0.0179. The Morgan fingerprint density at radius 2 is 1.64 bits per heavy atom. The molecule has 0 aliphatic heterocycles. The fraction of sp³-hybridized carbons (Fsp3) is 0.481. The van der Waals surface area contributed by atoms with Gasteiger partial charge in [-0.2, -0.15) is 0 Å². The molecule has 0 bridgehead atoms. The number of nitrogens with zero attached hydrogens (tertiary/aromatic N) is 1. The average molecular weight is 453 g/mol. The van der Waals surface area contributed by atoms with Crippen LogP contribution in [0.5, 0.6) is 5.75 Å². The van der Waals surface area contributed by atoms with Crippen molar-refractivity contribution in [2.24, 2.45) is 0 Å². The van der Waals surface area contributed by atoms with Crippen molar-refractivity contribution in [1.29, 1.82) is 0 Å². The summed E-state index contributed by atoms with van der Waals surface area (Å²) in [6.45, 7) is 7.77. The van der Waals surface area contributed by atoms with Crippen LogP contribution >= 0.6 is 0 Å². The van der Waals surface area contributed by atoms with E-state index in [1.54, 1.807) is 17.9 Å². The smallest absolute Gasteiger partial charge is 0.410 e. The zero-order chi connectivity index (χ0) is 24.2. The number of phenols is 1. The first-order valence-electron chi connectivity index (χ1n) is 11.7. The van der Waals surface area contributed by atoms with E-state index in [0.717, 1.165) is 42.4 Å². The van der Waals surface area contributed by atoms with E-state index in [4.69, 9.17) is 4.74 Å². The molecule has 178 valence electrons. The molecule has 0 heterocycles. The number of hydrogen-bond acceptors (Lipinski definition) is 5.